The quantitative estimate of drug-likeness (QED) is 0.446. The molecule has 13 heteroatoms. The van der Waals surface area contributed by atoms with Gasteiger partial charge in [-0.2, -0.15) is 0 Å². The van der Waals surface area contributed by atoms with E-state index in [4.69, 9.17) is 11.6 Å². The van der Waals surface area contributed by atoms with E-state index in [-0.39, 0.29) is 22.9 Å². The fourth-order valence-electron chi connectivity index (χ4n) is 2.42. The minimum atomic E-state index is -4.75. The lowest BCUT2D eigenvalue weighted by atomic mass is 10.2. The highest BCUT2D eigenvalue weighted by Gasteiger charge is 2.31. The first kappa shape index (κ1) is 21.9. The molecular weight excluding hydrogens is 439 g/mol. The molecule has 1 heterocycles. The second-order valence-electron chi connectivity index (χ2n) is 5.89. The Kier molecular flexibility index (Phi) is 6.63. The molecule has 9 nitrogen and oxygen atoms in total. The van der Waals surface area contributed by atoms with E-state index < -0.39 is 12.3 Å². The van der Waals surface area contributed by atoms with Crippen molar-refractivity contribution in [3.63, 3.8) is 0 Å². The number of alkyl halides is 3. The lowest BCUT2D eigenvalue weighted by molar-refractivity contribution is -0.274. The van der Waals surface area contributed by atoms with Crippen LogP contribution in [0.4, 0.5) is 18.9 Å². The Balaban J connectivity index is 1.63. The van der Waals surface area contributed by atoms with Gasteiger partial charge in [-0.3, -0.25) is 4.79 Å². The van der Waals surface area contributed by atoms with Crippen molar-refractivity contribution in [1.29, 1.82) is 0 Å². The SMILES string of the molecule is CN=[N+]=NC(=O)c1ccc(NCc2ncn(-c3ccc(OC(F)(F)F)cc3)n2)cc1Cl. The number of ether oxygens (including phenoxy) is 1. The van der Waals surface area contributed by atoms with Gasteiger partial charge in [0, 0.05) is 5.69 Å². The zero-order valence-corrected chi connectivity index (χ0v) is 16.6. The monoisotopic (exact) mass is 452 g/mol. The van der Waals surface area contributed by atoms with Crippen molar-refractivity contribution >= 4 is 23.2 Å². The summed E-state index contributed by atoms with van der Waals surface area (Å²) in [4.78, 5) is 19.3. The number of hydrogen-bond donors (Lipinski definition) is 1. The van der Waals surface area contributed by atoms with Crippen LogP contribution in [-0.2, 0) is 6.54 Å². The lowest BCUT2D eigenvalue weighted by Crippen LogP contribution is -2.17. The molecule has 0 aliphatic rings. The number of halogens is 4. The predicted octanol–water partition coefficient (Wildman–Crippen LogP) is 4.17. The Morgan fingerprint density at radius 3 is 2.65 bits per heavy atom. The van der Waals surface area contributed by atoms with E-state index in [1.165, 1.54) is 48.4 Å². The fraction of sp³-hybridized carbons (Fsp3) is 0.167. The molecule has 2 aromatic carbocycles. The van der Waals surface area contributed by atoms with Gasteiger partial charge < -0.3 is 10.1 Å². The summed E-state index contributed by atoms with van der Waals surface area (Å²) in [5, 5.41) is 14.2. The Morgan fingerprint density at radius 2 is 2.00 bits per heavy atom. The number of aromatic nitrogens is 3. The largest absolute Gasteiger partial charge is 0.573 e. The van der Waals surface area contributed by atoms with Gasteiger partial charge in [0.15, 0.2) is 5.82 Å². The Hall–Kier alpha value is -3.76. The molecule has 0 fully saturated rings. The molecule has 1 N–H and O–H groups in total. The number of rotatable bonds is 6. The molecular formula is C18H14ClF3N7O2+. The minimum absolute atomic E-state index is 0.181. The third kappa shape index (κ3) is 6.11. The number of carbonyl (C=O) groups is 1. The minimum Gasteiger partial charge on any atom is -0.406 e. The number of benzene rings is 2. The summed E-state index contributed by atoms with van der Waals surface area (Å²) in [5.41, 5.74) is 1.30. The van der Waals surface area contributed by atoms with Crippen molar-refractivity contribution in [1.82, 2.24) is 19.7 Å². The van der Waals surface area contributed by atoms with Gasteiger partial charge in [-0.15, -0.1) is 18.3 Å². The number of anilines is 1. The van der Waals surface area contributed by atoms with Crippen LogP contribution in [0.15, 0.2) is 59.0 Å². The lowest BCUT2D eigenvalue weighted by Gasteiger charge is -2.09. The average molecular weight is 453 g/mol. The van der Waals surface area contributed by atoms with E-state index in [1.807, 2.05) is 0 Å². The molecule has 0 unspecified atom stereocenters. The summed E-state index contributed by atoms with van der Waals surface area (Å²) in [5.74, 6) is -0.526. The summed E-state index contributed by atoms with van der Waals surface area (Å²) >= 11 is 6.11. The smallest absolute Gasteiger partial charge is 0.406 e. The van der Waals surface area contributed by atoms with E-state index in [2.05, 4.69) is 35.3 Å². The van der Waals surface area contributed by atoms with Crippen LogP contribution < -0.4 is 15.0 Å². The van der Waals surface area contributed by atoms with Crippen molar-refractivity contribution < 1.29 is 22.7 Å². The van der Waals surface area contributed by atoms with E-state index in [0.29, 0.717) is 17.2 Å². The molecule has 31 heavy (non-hydrogen) atoms. The number of amides is 1. The van der Waals surface area contributed by atoms with E-state index in [1.54, 1.807) is 12.1 Å². The van der Waals surface area contributed by atoms with Gasteiger partial charge >= 0.3 is 12.3 Å². The maximum Gasteiger partial charge on any atom is 0.573 e. The van der Waals surface area contributed by atoms with Gasteiger partial charge in [-0.05, 0) is 42.5 Å². The van der Waals surface area contributed by atoms with E-state index in [9.17, 15) is 18.0 Å². The van der Waals surface area contributed by atoms with E-state index in [0.717, 1.165) is 0 Å². The van der Waals surface area contributed by atoms with Crippen LogP contribution in [0.25, 0.3) is 5.69 Å². The maximum atomic E-state index is 12.2. The molecule has 0 saturated heterocycles. The topological polar surface area (TPSA) is 108 Å². The fourth-order valence-corrected chi connectivity index (χ4v) is 2.68. The second-order valence-corrected chi connectivity index (χ2v) is 6.30. The molecule has 3 aromatic rings. The van der Waals surface area contributed by atoms with Crippen LogP contribution in [-0.4, -0.2) is 34.1 Å². The van der Waals surface area contributed by atoms with Crippen molar-refractivity contribution in [3.8, 4) is 11.4 Å². The normalized spacial score (nSPS) is 10.9. The number of nitrogens with zero attached hydrogens (tertiary/aromatic N) is 6. The summed E-state index contributed by atoms with van der Waals surface area (Å²) in [6.45, 7) is 0.236. The van der Waals surface area contributed by atoms with Crippen LogP contribution in [0, 0.1) is 0 Å². The zero-order chi connectivity index (χ0) is 22.4. The molecule has 0 saturated carbocycles. The van der Waals surface area contributed by atoms with Crippen LogP contribution >= 0.6 is 11.6 Å². The molecule has 0 aliphatic carbocycles. The first-order valence-corrected chi connectivity index (χ1v) is 8.97. The molecule has 0 bridgehead atoms. The Morgan fingerprint density at radius 1 is 1.26 bits per heavy atom. The highest BCUT2D eigenvalue weighted by atomic mass is 35.5. The van der Waals surface area contributed by atoms with Crippen LogP contribution in [0.3, 0.4) is 0 Å². The van der Waals surface area contributed by atoms with Gasteiger partial charge in [-0.25, -0.2) is 9.67 Å². The molecule has 0 spiro atoms. The van der Waals surface area contributed by atoms with Crippen LogP contribution in [0.1, 0.15) is 16.2 Å². The summed E-state index contributed by atoms with van der Waals surface area (Å²) < 4.78 is 41.9. The third-order valence-corrected chi connectivity index (χ3v) is 4.06. The first-order valence-electron chi connectivity index (χ1n) is 8.59. The van der Waals surface area contributed by atoms with Gasteiger partial charge in [0.25, 0.3) is 0 Å². The number of carbonyl (C=O) groups excluding carboxylic acids is 1. The molecule has 0 radical (unpaired) electrons. The molecule has 0 aliphatic heterocycles. The number of nitrogens with one attached hydrogen (secondary N) is 1. The Bertz CT molecular complexity index is 1140. The summed E-state index contributed by atoms with van der Waals surface area (Å²) in [6.07, 6.45) is -3.33. The first-order chi connectivity index (χ1) is 14.7. The van der Waals surface area contributed by atoms with Gasteiger partial charge in [0.1, 0.15) is 24.2 Å². The predicted molar refractivity (Wildman–Crippen MR) is 104 cm³/mol. The average Bonchev–Trinajstić information content (AvgIpc) is 3.19. The molecule has 160 valence electrons. The molecule has 1 aromatic heterocycles. The Labute approximate surface area is 178 Å². The van der Waals surface area contributed by atoms with Crippen molar-refractivity contribution in [2.24, 2.45) is 10.2 Å². The third-order valence-electron chi connectivity index (χ3n) is 3.75. The van der Waals surface area contributed by atoms with Crippen molar-refractivity contribution in [3.05, 3.63) is 65.2 Å². The van der Waals surface area contributed by atoms with E-state index >= 15 is 0 Å². The van der Waals surface area contributed by atoms with Gasteiger partial charge in [-0.1, -0.05) is 11.6 Å². The van der Waals surface area contributed by atoms with Crippen molar-refractivity contribution in [2.75, 3.05) is 12.4 Å². The highest BCUT2D eigenvalue weighted by Crippen LogP contribution is 2.24. The van der Waals surface area contributed by atoms with Crippen LogP contribution in [0.2, 0.25) is 5.02 Å². The number of hydrogen-bond acceptors (Lipinski definition) is 6. The maximum absolute atomic E-state index is 12.2. The summed E-state index contributed by atoms with van der Waals surface area (Å²) in [6, 6.07) is 9.89. The summed E-state index contributed by atoms with van der Waals surface area (Å²) in [7, 11) is 1.39. The zero-order valence-electron chi connectivity index (χ0n) is 15.8. The molecule has 3 rings (SSSR count). The van der Waals surface area contributed by atoms with Gasteiger partial charge in [0.05, 0.1) is 22.8 Å². The van der Waals surface area contributed by atoms with Gasteiger partial charge in [0.2, 0.25) is 10.0 Å². The van der Waals surface area contributed by atoms with Crippen LogP contribution in [0.5, 0.6) is 5.75 Å². The highest BCUT2D eigenvalue weighted by molar-refractivity contribution is 6.34. The molecule has 1 amide bonds. The second kappa shape index (κ2) is 9.37. The standard InChI is InChI=1S/C18H13ClF3N7O2/c1-23-28-26-17(30)14-7-2-11(8-15(14)19)24-9-16-25-10-29(27-16)12-3-5-13(6-4-12)31-18(20,21)22/h2-8,10H,9H2,1H3/p+1. The molecule has 0 atom stereocenters. The van der Waals surface area contributed by atoms with Crippen molar-refractivity contribution in [2.45, 2.75) is 12.9 Å².